The molecule has 1 aliphatic heterocycles. The molecular formula is C23H19N3O4. The monoisotopic (exact) mass is 401 g/mol. The SMILES string of the molecule is COc1ccc(N(CCN2C(=O)c3ccccc3C2=O)C(=O)c2ccncc2)cc1. The number of hydrogen-bond donors (Lipinski definition) is 0. The van der Waals surface area contributed by atoms with E-state index >= 15 is 0 Å². The molecule has 0 fully saturated rings. The van der Waals surface area contributed by atoms with E-state index < -0.39 is 0 Å². The number of hydrogen-bond acceptors (Lipinski definition) is 5. The maximum atomic E-state index is 13.2. The number of rotatable bonds is 6. The number of ether oxygens (including phenoxy) is 1. The summed E-state index contributed by atoms with van der Waals surface area (Å²) in [5, 5.41) is 0. The van der Waals surface area contributed by atoms with Crippen molar-refractivity contribution < 1.29 is 19.1 Å². The number of pyridine rings is 1. The smallest absolute Gasteiger partial charge is 0.261 e. The number of aromatic nitrogens is 1. The molecule has 30 heavy (non-hydrogen) atoms. The quantitative estimate of drug-likeness (QED) is 0.593. The Bertz CT molecular complexity index is 1060. The van der Waals surface area contributed by atoms with Gasteiger partial charge in [-0.3, -0.25) is 24.3 Å². The molecule has 1 aliphatic rings. The molecule has 3 amide bonds. The summed E-state index contributed by atoms with van der Waals surface area (Å²) in [6.45, 7) is 0.230. The van der Waals surface area contributed by atoms with Gasteiger partial charge in [-0.15, -0.1) is 0 Å². The van der Waals surface area contributed by atoms with Gasteiger partial charge in [-0.05, 0) is 48.5 Å². The van der Waals surface area contributed by atoms with Gasteiger partial charge in [0.05, 0.1) is 18.2 Å². The third kappa shape index (κ3) is 3.53. The largest absolute Gasteiger partial charge is 0.497 e. The number of amides is 3. The zero-order valence-corrected chi connectivity index (χ0v) is 16.3. The van der Waals surface area contributed by atoms with Gasteiger partial charge < -0.3 is 9.64 Å². The van der Waals surface area contributed by atoms with Gasteiger partial charge in [0.2, 0.25) is 0 Å². The highest BCUT2D eigenvalue weighted by atomic mass is 16.5. The molecular weight excluding hydrogens is 382 g/mol. The molecule has 150 valence electrons. The number of imide groups is 1. The van der Waals surface area contributed by atoms with Crippen LogP contribution in [0.25, 0.3) is 0 Å². The van der Waals surface area contributed by atoms with Crippen LogP contribution in [0.5, 0.6) is 5.75 Å². The molecule has 0 N–H and O–H groups in total. The van der Waals surface area contributed by atoms with E-state index in [-0.39, 0.29) is 30.8 Å². The van der Waals surface area contributed by atoms with Crippen LogP contribution < -0.4 is 9.64 Å². The molecule has 0 unspecified atom stereocenters. The Morgan fingerprint density at radius 3 is 2.10 bits per heavy atom. The zero-order chi connectivity index (χ0) is 21.1. The number of methoxy groups -OCH3 is 1. The molecule has 7 heteroatoms. The van der Waals surface area contributed by atoms with Gasteiger partial charge in [0.25, 0.3) is 17.7 Å². The van der Waals surface area contributed by atoms with Crippen molar-refractivity contribution in [2.75, 3.05) is 25.1 Å². The minimum Gasteiger partial charge on any atom is -0.497 e. The average Bonchev–Trinajstić information content (AvgIpc) is 3.05. The molecule has 4 rings (SSSR count). The first-order valence-electron chi connectivity index (χ1n) is 9.41. The summed E-state index contributed by atoms with van der Waals surface area (Å²) >= 11 is 0. The summed E-state index contributed by atoms with van der Waals surface area (Å²) in [4.78, 5) is 45.1. The van der Waals surface area contributed by atoms with Crippen molar-refractivity contribution in [2.45, 2.75) is 0 Å². The summed E-state index contributed by atoms with van der Waals surface area (Å²) in [6.07, 6.45) is 3.09. The van der Waals surface area contributed by atoms with Crippen LogP contribution in [0.1, 0.15) is 31.1 Å². The van der Waals surface area contributed by atoms with Crippen LogP contribution >= 0.6 is 0 Å². The molecule has 0 radical (unpaired) electrons. The van der Waals surface area contributed by atoms with E-state index in [4.69, 9.17) is 4.74 Å². The van der Waals surface area contributed by atoms with Crippen LogP contribution in [0.2, 0.25) is 0 Å². The lowest BCUT2D eigenvalue weighted by molar-refractivity contribution is 0.0654. The van der Waals surface area contributed by atoms with Crippen LogP contribution in [0.3, 0.4) is 0 Å². The van der Waals surface area contributed by atoms with E-state index in [2.05, 4.69) is 4.98 Å². The van der Waals surface area contributed by atoms with Crippen LogP contribution in [-0.2, 0) is 0 Å². The number of fused-ring (bicyclic) bond motifs is 1. The third-order valence-corrected chi connectivity index (χ3v) is 4.98. The van der Waals surface area contributed by atoms with Gasteiger partial charge >= 0.3 is 0 Å². The first kappa shape index (κ1) is 19.3. The number of nitrogens with zero attached hydrogens (tertiary/aromatic N) is 3. The van der Waals surface area contributed by atoms with E-state index in [1.54, 1.807) is 85.1 Å². The minimum absolute atomic E-state index is 0.0786. The number of anilines is 1. The Morgan fingerprint density at radius 1 is 0.933 bits per heavy atom. The van der Waals surface area contributed by atoms with E-state index in [1.165, 1.54) is 4.90 Å². The molecule has 3 aromatic rings. The van der Waals surface area contributed by atoms with Gasteiger partial charge in [-0.2, -0.15) is 0 Å². The summed E-state index contributed by atoms with van der Waals surface area (Å²) in [5.74, 6) is -0.280. The van der Waals surface area contributed by atoms with Crippen molar-refractivity contribution in [1.82, 2.24) is 9.88 Å². The highest BCUT2D eigenvalue weighted by Gasteiger charge is 2.35. The molecule has 0 spiro atoms. The average molecular weight is 401 g/mol. The molecule has 0 saturated carbocycles. The van der Waals surface area contributed by atoms with Crippen molar-refractivity contribution in [3.05, 3.63) is 89.7 Å². The summed E-state index contributed by atoms with van der Waals surface area (Å²) < 4.78 is 5.19. The molecule has 2 aromatic carbocycles. The van der Waals surface area contributed by atoms with Gasteiger partial charge in [0.15, 0.2) is 0 Å². The maximum Gasteiger partial charge on any atom is 0.261 e. The van der Waals surface area contributed by atoms with E-state index in [9.17, 15) is 14.4 Å². The lowest BCUT2D eigenvalue weighted by atomic mass is 10.1. The normalized spacial score (nSPS) is 12.6. The van der Waals surface area contributed by atoms with Crippen molar-refractivity contribution in [3.63, 3.8) is 0 Å². The highest BCUT2D eigenvalue weighted by molar-refractivity contribution is 6.21. The Labute approximate surface area is 173 Å². The van der Waals surface area contributed by atoms with Gasteiger partial charge in [0, 0.05) is 36.7 Å². The van der Waals surface area contributed by atoms with E-state index in [0.717, 1.165) is 0 Å². The van der Waals surface area contributed by atoms with Gasteiger partial charge in [-0.1, -0.05) is 12.1 Å². The standard InChI is InChI=1S/C23H19N3O4/c1-30-18-8-6-17(7-9-18)25(21(27)16-10-12-24-13-11-16)14-15-26-22(28)19-4-2-3-5-20(19)23(26)29/h2-13H,14-15H2,1H3. The summed E-state index contributed by atoms with van der Waals surface area (Å²) in [7, 11) is 1.57. The Balaban J connectivity index is 1.59. The van der Waals surface area contributed by atoms with Crippen molar-refractivity contribution >= 4 is 23.4 Å². The van der Waals surface area contributed by atoms with Crippen LogP contribution in [0.15, 0.2) is 73.1 Å². The summed E-state index contributed by atoms with van der Waals surface area (Å²) in [6, 6.07) is 17.0. The fraction of sp³-hybridized carbons (Fsp3) is 0.130. The minimum atomic E-state index is -0.346. The lowest BCUT2D eigenvalue weighted by Gasteiger charge is -2.25. The molecule has 2 heterocycles. The van der Waals surface area contributed by atoms with Crippen LogP contribution in [0.4, 0.5) is 5.69 Å². The predicted octanol–water partition coefficient (Wildman–Crippen LogP) is 3.03. The zero-order valence-electron chi connectivity index (χ0n) is 16.3. The van der Waals surface area contributed by atoms with Crippen LogP contribution in [0, 0.1) is 0 Å². The topological polar surface area (TPSA) is 79.8 Å². The molecule has 0 aliphatic carbocycles. The Hall–Kier alpha value is -4.00. The van der Waals surface area contributed by atoms with Crippen molar-refractivity contribution in [3.8, 4) is 5.75 Å². The molecule has 7 nitrogen and oxygen atoms in total. The predicted molar refractivity (Wildman–Crippen MR) is 111 cm³/mol. The fourth-order valence-corrected chi connectivity index (χ4v) is 3.40. The third-order valence-electron chi connectivity index (χ3n) is 4.98. The van der Waals surface area contributed by atoms with Crippen molar-refractivity contribution in [2.24, 2.45) is 0 Å². The second kappa shape index (κ2) is 8.16. The second-order valence-electron chi connectivity index (χ2n) is 6.70. The molecule has 0 atom stereocenters. The van der Waals surface area contributed by atoms with Crippen LogP contribution in [-0.4, -0.2) is 47.8 Å². The maximum absolute atomic E-state index is 13.2. The molecule has 0 bridgehead atoms. The number of carbonyl (C=O) groups excluding carboxylic acids is 3. The molecule has 0 saturated heterocycles. The van der Waals surface area contributed by atoms with Crippen molar-refractivity contribution in [1.29, 1.82) is 0 Å². The first-order valence-corrected chi connectivity index (χ1v) is 9.41. The Kier molecular flexibility index (Phi) is 5.26. The van der Waals surface area contributed by atoms with E-state index in [1.807, 2.05) is 0 Å². The van der Waals surface area contributed by atoms with Gasteiger partial charge in [0.1, 0.15) is 5.75 Å². The van der Waals surface area contributed by atoms with Gasteiger partial charge in [-0.25, -0.2) is 0 Å². The molecule has 1 aromatic heterocycles. The first-order chi connectivity index (χ1) is 14.6. The second-order valence-corrected chi connectivity index (χ2v) is 6.70. The number of carbonyl (C=O) groups is 3. The van der Waals surface area contributed by atoms with E-state index in [0.29, 0.717) is 28.1 Å². The fourth-order valence-electron chi connectivity index (χ4n) is 3.40. The number of benzene rings is 2. The lowest BCUT2D eigenvalue weighted by Crippen LogP contribution is -2.41. The summed E-state index contributed by atoms with van der Waals surface area (Å²) in [5.41, 5.74) is 1.87. The highest BCUT2D eigenvalue weighted by Crippen LogP contribution is 2.24. The Morgan fingerprint density at radius 2 is 1.53 bits per heavy atom.